The van der Waals surface area contributed by atoms with Crippen LogP contribution in [0, 0.1) is 12.8 Å². The van der Waals surface area contributed by atoms with E-state index in [0.29, 0.717) is 5.69 Å². The van der Waals surface area contributed by atoms with Crippen LogP contribution in [0.4, 0.5) is 6.01 Å². The van der Waals surface area contributed by atoms with Gasteiger partial charge in [0.2, 0.25) is 5.91 Å². The van der Waals surface area contributed by atoms with Gasteiger partial charge in [-0.05, 0) is 6.92 Å². The van der Waals surface area contributed by atoms with E-state index >= 15 is 0 Å². The van der Waals surface area contributed by atoms with Crippen LogP contribution in [-0.4, -0.2) is 30.5 Å². The van der Waals surface area contributed by atoms with Gasteiger partial charge in [0.05, 0.1) is 18.7 Å². The monoisotopic (exact) mass is 224 g/mol. The number of ether oxygens (including phenoxy) is 1. The van der Waals surface area contributed by atoms with Gasteiger partial charge >= 0.3 is 12.0 Å². The molecule has 2 rings (SSSR count). The van der Waals surface area contributed by atoms with Crippen LogP contribution in [0.5, 0.6) is 0 Å². The molecule has 2 heterocycles. The molecular weight excluding hydrogens is 212 g/mol. The van der Waals surface area contributed by atoms with Crippen molar-refractivity contribution in [2.45, 2.75) is 13.3 Å². The molecule has 6 heteroatoms. The summed E-state index contributed by atoms with van der Waals surface area (Å²) in [6, 6.07) is 0.244. The van der Waals surface area contributed by atoms with Gasteiger partial charge in [0.15, 0.2) is 0 Å². The van der Waals surface area contributed by atoms with Crippen molar-refractivity contribution in [3.63, 3.8) is 0 Å². The Labute approximate surface area is 92.2 Å². The molecule has 0 radical (unpaired) electrons. The fraction of sp³-hybridized carbons (Fsp3) is 0.500. The van der Waals surface area contributed by atoms with Crippen molar-refractivity contribution < 1.29 is 18.7 Å². The zero-order valence-electron chi connectivity index (χ0n) is 9.10. The van der Waals surface area contributed by atoms with Gasteiger partial charge in [0, 0.05) is 13.0 Å². The second kappa shape index (κ2) is 3.96. The van der Waals surface area contributed by atoms with Crippen molar-refractivity contribution in [3.05, 3.63) is 12.0 Å². The lowest BCUT2D eigenvalue weighted by Gasteiger charge is -2.10. The zero-order chi connectivity index (χ0) is 11.7. The summed E-state index contributed by atoms with van der Waals surface area (Å²) in [5.74, 6) is -0.971. The lowest BCUT2D eigenvalue weighted by molar-refractivity contribution is -0.145. The number of rotatable bonds is 2. The maximum atomic E-state index is 11.6. The molecule has 86 valence electrons. The number of anilines is 1. The summed E-state index contributed by atoms with van der Waals surface area (Å²) < 4.78 is 9.73. The van der Waals surface area contributed by atoms with Gasteiger partial charge in [0.25, 0.3) is 0 Å². The molecule has 1 aromatic heterocycles. The molecule has 1 aliphatic rings. The Morgan fingerprint density at radius 2 is 2.44 bits per heavy atom. The SMILES string of the molecule is COC(=O)C1CC(=O)N(c2nc(C)co2)C1. The molecule has 16 heavy (non-hydrogen) atoms. The maximum absolute atomic E-state index is 11.6. The van der Waals surface area contributed by atoms with Crippen molar-refractivity contribution in [3.8, 4) is 0 Å². The van der Waals surface area contributed by atoms with Gasteiger partial charge in [-0.3, -0.25) is 14.5 Å². The molecule has 0 saturated carbocycles. The summed E-state index contributed by atoms with van der Waals surface area (Å²) in [7, 11) is 1.31. The summed E-state index contributed by atoms with van der Waals surface area (Å²) in [5.41, 5.74) is 0.698. The van der Waals surface area contributed by atoms with Gasteiger partial charge in [-0.15, -0.1) is 0 Å². The van der Waals surface area contributed by atoms with Gasteiger partial charge in [-0.1, -0.05) is 0 Å². The van der Waals surface area contributed by atoms with Crippen LogP contribution in [0.1, 0.15) is 12.1 Å². The van der Waals surface area contributed by atoms with Crippen molar-refractivity contribution in [1.29, 1.82) is 0 Å². The third-order valence-electron chi connectivity index (χ3n) is 2.50. The average Bonchev–Trinajstić information content (AvgIpc) is 2.83. The number of esters is 1. The van der Waals surface area contributed by atoms with Crippen LogP contribution < -0.4 is 4.90 Å². The minimum absolute atomic E-state index is 0.147. The number of oxazole rings is 1. The third-order valence-corrected chi connectivity index (χ3v) is 2.50. The van der Waals surface area contributed by atoms with Crippen LogP contribution in [-0.2, 0) is 14.3 Å². The molecule has 1 unspecified atom stereocenters. The molecule has 1 aliphatic heterocycles. The topological polar surface area (TPSA) is 72.6 Å². The van der Waals surface area contributed by atoms with Crippen LogP contribution in [0.3, 0.4) is 0 Å². The summed E-state index contributed by atoms with van der Waals surface area (Å²) in [4.78, 5) is 28.3. The van der Waals surface area contributed by atoms with Crippen molar-refractivity contribution in [2.75, 3.05) is 18.6 Å². The molecule has 0 bridgehead atoms. The van der Waals surface area contributed by atoms with Gasteiger partial charge in [-0.25, -0.2) is 0 Å². The lowest BCUT2D eigenvalue weighted by Crippen LogP contribution is -2.26. The van der Waals surface area contributed by atoms with E-state index in [4.69, 9.17) is 4.42 Å². The van der Waals surface area contributed by atoms with Crippen LogP contribution >= 0.6 is 0 Å². The standard InChI is InChI=1S/C10H12N2O4/c1-6-5-16-10(11-6)12-4-7(3-8(12)13)9(14)15-2/h5,7H,3-4H2,1-2H3. The van der Waals surface area contributed by atoms with E-state index in [0.717, 1.165) is 0 Å². The molecule has 0 aromatic carbocycles. The Hall–Kier alpha value is -1.85. The van der Waals surface area contributed by atoms with Gasteiger partial charge in [0.1, 0.15) is 6.26 Å². The van der Waals surface area contributed by atoms with E-state index < -0.39 is 5.92 Å². The van der Waals surface area contributed by atoms with Crippen LogP contribution in [0.15, 0.2) is 10.7 Å². The van der Waals surface area contributed by atoms with E-state index in [1.54, 1.807) is 6.92 Å². The second-order valence-corrected chi connectivity index (χ2v) is 3.70. The molecule has 0 aliphatic carbocycles. The minimum Gasteiger partial charge on any atom is -0.469 e. The first kappa shape index (κ1) is 10.7. The fourth-order valence-corrected chi connectivity index (χ4v) is 1.68. The zero-order valence-corrected chi connectivity index (χ0v) is 9.10. The minimum atomic E-state index is -0.426. The molecule has 0 N–H and O–H groups in total. The second-order valence-electron chi connectivity index (χ2n) is 3.70. The smallest absolute Gasteiger partial charge is 0.311 e. The predicted molar refractivity (Wildman–Crippen MR) is 53.7 cm³/mol. The summed E-state index contributed by atoms with van der Waals surface area (Å²) in [5, 5.41) is 0. The van der Waals surface area contributed by atoms with Crippen LogP contribution in [0.2, 0.25) is 0 Å². The maximum Gasteiger partial charge on any atom is 0.311 e. The highest BCUT2D eigenvalue weighted by Gasteiger charge is 2.37. The number of carbonyl (C=O) groups excluding carboxylic acids is 2. The predicted octanol–water partition coefficient (Wildman–Crippen LogP) is 0.509. The summed E-state index contributed by atoms with van der Waals surface area (Å²) in [6.45, 7) is 2.04. The molecule has 6 nitrogen and oxygen atoms in total. The Kier molecular flexibility index (Phi) is 2.64. The summed E-state index contributed by atoms with van der Waals surface area (Å²) in [6.07, 6.45) is 1.61. The Bertz CT molecular complexity index is 426. The Balaban J connectivity index is 2.14. The van der Waals surface area contributed by atoms with E-state index in [-0.39, 0.29) is 30.9 Å². The highest BCUT2D eigenvalue weighted by atomic mass is 16.5. The highest BCUT2D eigenvalue weighted by molar-refractivity contribution is 5.97. The van der Waals surface area contributed by atoms with E-state index in [9.17, 15) is 9.59 Å². The van der Waals surface area contributed by atoms with Gasteiger partial charge in [-0.2, -0.15) is 4.98 Å². The number of methoxy groups -OCH3 is 1. The number of hydrogen-bond acceptors (Lipinski definition) is 5. The normalized spacial score (nSPS) is 20.2. The van der Waals surface area contributed by atoms with E-state index in [2.05, 4.69) is 9.72 Å². The molecule has 1 amide bonds. The largest absolute Gasteiger partial charge is 0.469 e. The fourth-order valence-electron chi connectivity index (χ4n) is 1.68. The number of amides is 1. The molecule has 1 aromatic rings. The van der Waals surface area contributed by atoms with Gasteiger partial charge < -0.3 is 9.15 Å². The van der Waals surface area contributed by atoms with Crippen molar-refractivity contribution in [1.82, 2.24) is 4.98 Å². The Morgan fingerprint density at radius 3 is 3.00 bits per heavy atom. The molecule has 0 spiro atoms. The lowest BCUT2D eigenvalue weighted by atomic mass is 10.1. The number of aryl methyl sites for hydroxylation is 1. The summed E-state index contributed by atoms with van der Waals surface area (Å²) >= 11 is 0. The number of nitrogens with zero attached hydrogens (tertiary/aromatic N) is 2. The molecule has 1 fully saturated rings. The highest BCUT2D eigenvalue weighted by Crippen LogP contribution is 2.24. The Morgan fingerprint density at radius 1 is 1.69 bits per heavy atom. The number of carbonyl (C=O) groups is 2. The first-order valence-corrected chi connectivity index (χ1v) is 4.92. The van der Waals surface area contributed by atoms with E-state index in [1.165, 1.54) is 18.3 Å². The van der Waals surface area contributed by atoms with Crippen molar-refractivity contribution >= 4 is 17.9 Å². The molecule has 1 saturated heterocycles. The third kappa shape index (κ3) is 1.78. The van der Waals surface area contributed by atoms with E-state index in [1.807, 2.05) is 0 Å². The number of aromatic nitrogens is 1. The molecule has 1 atom stereocenters. The first-order chi connectivity index (χ1) is 7.61. The van der Waals surface area contributed by atoms with Crippen LogP contribution in [0.25, 0.3) is 0 Å². The number of hydrogen-bond donors (Lipinski definition) is 0. The molecular formula is C10H12N2O4. The quantitative estimate of drug-likeness (QED) is 0.684. The average molecular weight is 224 g/mol. The van der Waals surface area contributed by atoms with Crippen molar-refractivity contribution in [2.24, 2.45) is 5.92 Å². The first-order valence-electron chi connectivity index (χ1n) is 4.92.